The number of nitrogens with zero attached hydrogens (tertiary/aromatic N) is 2. The Morgan fingerprint density at radius 2 is 1.19 bits per heavy atom. The first-order valence-corrected chi connectivity index (χ1v) is 9.82. The van der Waals surface area contributed by atoms with E-state index in [-0.39, 0.29) is 5.66 Å². The average molecular weight is 352 g/mol. The molecule has 1 saturated heterocycles. The Labute approximate surface area is 162 Å². The van der Waals surface area contributed by atoms with Crippen LogP contribution in [0.4, 0.5) is 0 Å². The molecule has 5 rings (SSSR count). The Morgan fingerprint density at radius 1 is 0.667 bits per heavy atom. The van der Waals surface area contributed by atoms with Gasteiger partial charge in [0.1, 0.15) is 5.66 Å². The van der Waals surface area contributed by atoms with Gasteiger partial charge in [-0.3, -0.25) is 9.80 Å². The van der Waals surface area contributed by atoms with E-state index in [9.17, 15) is 0 Å². The van der Waals surface area contributed by atoms with E-state index < -0.39 is 0 Å². The molecule has 1 spiro atoms. The van der Waals surface area contributed by atoms with E-state index in [1.54, 1.807) is 0 Å². The van der Waals surface area contributed by atoms with Crippen molar-refractivity contribution < 1.29 is 0 Å². The van der Waals surface area contributed by atoms with Crippen LogP contribution in [-0.4, -0.2) is 22.9 Å². The Bertz CT molecular complexity index is 854. The van der Waals surface area contributed by atoms with Gasteiger partial charge in [0.25, 0.3) is 0 Å². The van der Waals surface area contributed by atoms with Crippen molar-refractivity contribution >= 4 is 0 Å². The molecule has 0 unspecified atom stereocenters. The molecule has 2 aliphatic rings. The third-order valence-corrected chi connectivity index (χ3v) is 5.82. The topological polar surface area (TPSA) is 6.48 Å². The fourth-order valence-corrected chi connectivity index (χ4v) is 4.56. The number of fused-ring (bicyclic) bond motifs is 2. The molecule has 2 nitrogen and oxygen atoms in total. The molecule has 0 aromatic heterocycles. The Hall–Kier alpha value is -2.42. The number of rotatable bonds is 4. The summed E-state index contributed by atoms with van der Waals surface area (Å²) in [6, 6.07) is 30.4. The molecule has 1 fully saturated rings. The van der Waals surface area contributed by atoms with Crippen LogP contribution in [0.3, 0.4) is 0 Å². The second kappa shape index (κ2) is 6.95. The maximum absolute atomic E-state index is 3.83. The van der Waals surface area contributed by atoms with E-state index in [0.29, 0.717) is 0 Å². The largest absolute Gasteiger partial charge is 0.276 e. The average Bonchev–Trinajstić information content (AvgIpc) is 2.70. The Balaban J connectivity index is 1.51. The predicted octanol–water partition coefficient (Wildman–Crippen LogP) is 4.69. The summed E-state index contributed by atoms with van der Waals surface area (Å²) in [5, 5.41) is 0. The van der Waals surface area contributed by atoms with Crippen molar-refractivity contribution in [3.63, 3.8) is 0 Å². The van der Waals surface area contributed by atoms with Crippen LogP contribution >= 0.6 is 0 Å². The van der Waals surface area contributed by atoms with E-state index in [0.717, 1.165) is 26.2 Å². The normalized spacial score (nSPS) is 18.8. The zero-order chi connectivity index (χ0) is 18.1. The van der Waals surface area contributed by atoms with Crippen molar-refractivity contribution in [1.29, 1.82) is 0 Å². The number of hydrogen-bond acceptors (Lipinski definition) is 2. The fraction of sp³-hybridized carbons (Fsp3) is 0.240. The van der Waals surface area contributed by atoms with Gasteiger partial charge in [0.15, 0.2) is 0 Å². The molecular weight excluding hydrogens is 328 g/mol. The van der Waals surface area contributed by atoms with Gasteiger partial charge in [-0.1, -0.05) is 84.9 Å². The quantitative estimate of drug-likeness (QED) is 0.672. The van der Waals surface area contributed by atoms with Crippen LogP contribution in [0.2, 0.25) is 0 Å². The maximum atomic E-state index is 3.83. The molecule has 0 saturated carbocycles. The molecule has 0 amide bonds. The lowest BCUT2D eigenvalue weighted by atomic mass is 9.73. The highest BCUT2D eigenvalue weighted by molar-refractivity contribution is 5.53. The first-order chi connectivity index (χ1) is 13.4. The summed E-state index contributed by atoms with van der Waals surface area (Å²) in [4.78, 5) is 5.22. The minimum absolute atomic E-state index is 0.208. The zero-order valence-corrected chi connectivity index (χ0v) is 15.5. The Morgan fingerprint density at radius 3 is 1.74 bits per heavy atom. The van der Waals surface area contributed by atoms with Crippen molar-refractivity contribution in [1.82, 2.24) is 9.80 Å². The van der Waals surface area contributed by atoms with Crippen LogP contribution < -0.4 is 0 Å². The summed E-state index contributed by atoms with van der Waals surface area (Å²) in [6.07, 6.45) is 5.02. The van der Waals surface area contributed by atoms with Crippen molar-refractivity contribution in [2.45, 2.75) is 25.2 Å². The summed E-state index contributed by atoms with van der Waals surface area (Å²) in [6.45, 7) is 4.10. The molecule has 1 heterocycles. The van der Waals surface area contributed by atoms with Crippen molar-refractivity contribution in [3.05, 3.63) is 114 Å². The van der Waals surface area contributed by atoms with Gasteiger partial charge >= 0.3 is 0 Å². The number of benzene rings is 3. The monoisotopic (exact) mass is 352 g/mol. The highest BCUT2D eigenvalue weighted by atomic mass is 15.4. The van der Waals surface area contributed by atoms with Crippen LogP contribution in [0.5, 0.6) is 0 Å². The summed E-state index contributed by atoms with van der Waals surface area (Å²) in [7, 11) is 0. The van der Waals surface area contributed by atoms with Gasteiger partial charge in [-0.15, -0.1) is 0 Å². The van der Waals surface area contributed by atoms with Crippen LogP contribution in [0.1, 0.15) is 28.7 Å². The Kier molecular flexibility index (Phi) is 4.31. The maximum Gasteiger partial charge on any atom is 0.113 e. The molecular formula is C25H24N2. The summed E-state index contributed by atoms with van der Waals surface area (Å²) < 4.78 is 0. The van der Waals surface area contributed by atoms with Crippen LogP contribution in [0, 0.1) is 6.42 Å². The highest BCUT2D eigenvalue weighted by Gasteiger charge is 2.53. The fourth-order valence-electron chi connectivity index (χ4n) is 4.56. The minimum atomic E-state index is -0.208. The minimum Gasteiger partial charge on any atom is -0.276 e. The van der Waals surface area contributed by atoms with Crippen molar-refractivity contribution in [3.8, 4) is 0 Å². The van der Waals surface area contributed by atoms with E-state index in [4.69, 9.17) is 0 Å². The molecule has 3 aromatic rings. The van der Waals surface area contributed by atoms with E-state index in [2.05, 4.69) is 101 Å². The van der Waals surface area contributed by atoms with E-state index in [1.807, 2.05) is 0 Å². The molecule has 2 radical (unpaired) electrons. The second-order valence-electron chi connectivity index (χ2n) is 7.51. The highest BCUT2D eigenvalue weighted by Crippen LogP contribution is 2.50. The standard InChI is InChI=1S/C25H24N2/c1-3-10-21(11-4-1)19-26-16-9-17-27(20-22-12-5-2-6-13-22)25(26)18-23-14-7-8-15-24(23)25/h1-8,10-15H,9,16-17,19-20H2. The molecule has 2 heteroatoms. The van der Waals surface area contributed by atoms with Crippen LogP contribution in [-0.2, 0) is 18.8 Å². The third-order valence-electron chi connectivity index (χ3n) is 5.82. The zero-order valence-electron chi connectivity index (χ0n) is 15.5. The van der Waals surface area contributed by atoms with E-state index in [1.165, 1.54) is 28.7 Å². The van der Waals surface area contributed by atoms with Gasteiger partial charge in [-0.2, -0.15) is 0 Å². The first-order valence-electron chi connectivity index (χ1n) is 9.82. The van der Waals surface area contributed by atoms with Crippen LogP contribution in [0.25, 0.3) is 0 Å². The van der Waals surface area contributed by atoms with Gasteiger partial charge in [0, 0.05) is 26.2 Å². The summed E-state index contributed by atoms with van der Waals surface area (Å²) in [5.74, 6) is 0. The SMILES string of the molecule is [C]1c2ccccc2C12N(Cc1ccccc1)CCCN2Cc1ccccc1. The lowest BCUT2D eigenvalue weighted by molar-refractivity contribution is -0.0935. The smallest absolute Gasteiger partial charge is 0.113 e. The molecule has 0 bridgehead atoms. The molecule has 1 aliphatic heterocycles. The molecule has 27 heavy (non-hydrogen) atoms. The van der Waals surface area contributed by atoms with Gasteiger partial charge in [-0.05, 0) is 28.7 Å². The van der Waals surface area contributed by atoms with Crippen molar-refractivity contribution in [2.75, 3.05) is 13.1 Å². The molecule has 0 N–H and O–H groups in total. The van der Waals surface area contributed by atoms with Crippen molar-refractivity contribution in [2.24, 2.45) is 0 Å². The van der Waals surface area contributed by atoms with Gasteiger partial charge in [-0.25, -0.2) is 0 Å². The lowest BCUT2D eigenvalue weighted by Gasteiger charge is -2.59. The van der Waals surface area contributed by atoms with Crippen LogP contribution in [0.15, 0.2) is 84.9 Å². The second-order valence-corrected chi connectivity index (χ2v) is 7.51. The first kappa shape index (κ1) is 16.7. The molecule has 3 aromatic carbocycles. The summed E-state index contributed by atoms with van der Waals surface area (Å²) in [5.41, 5.74) is 5.18. The van der Waals surface area contributed by atoms with Gasteiger partial charge in [0.05, 0.1) is 6.42 Å². The third kappa shape index (κ3) is 2.90. The molecule has 1 aliphatic carbocycles. The van der Waals surface area contributed by atoms with E-state index >= 15 is 0 Å². The number of hydrogen-bond donors (Lipinski definition) is 0. The van der Waals surface area contributed by atoms with Gasteiger partial charge < -0.3 is 0 Å². The summed E-state index contributed by atoms with van der Waals surface area (Å²) >= 11 is 0. The predicted molar refractivity (Wildman–Crippen MR) is 109 cm³/mol. The lowest BCUT2D eigenvalue weighted by Crippen LogP contribution is -2.65. The van der Waals surface area contributed by atoms with Gasteiger partial charge in [0.2, 0.25) is 0 Å². The molecule has 0 atom stereocenters. The molecule has 134 valence electrons.